The first kappa shape index (κ1) is 21.3. The average molecular weight is 419 g/mol. The number of hydrogen-bond donors (Lipinski definition) is 0. The van der Waals surface area contributed by atoms with E-state index in [9.17, 15) is 4.39 Å². The molecule has 0 aliphatic rings. The van der Waals surface area contributed by atoms with Gasteiger partial charge in [-0.15, -0.1) is 0 Å². The summed E-state index contributed by atoms with van der Waals surface area (Å²) in [6.45, 7) is 11.3. The van der Waals surface area contributed by atoms with Crippen LogP contribution in [0.3, 0.4) is 0 Å². The molecular formula is C26H31FN4. The Morgan fingerprint density at radius 3 is 2.35 bits per heavy atom. The summed E-state index contributed by atoms with van der Waals surface area (Å²) in [6, 6.07) is 17.5. The monoisotopic (exact) mass is 418 g/mol. The lowest BCUT2D eigenvalue weighted by atomic mass is 10.1. The van der Waals surface area contributed by atoms with Crippen LogP contribution in [0.4, 0.5) is 10.2 Å². The summed E-state index contributed by atoms with van der Waals surface area (Å²) in [5.74, 6) is 0.794. The van der Waals surface area contributed by atoms with Gasteiger partial charge in [-0.1, -0.05) is 44.2 Å². The molecule has 0 amide bonds. The molecule has 4 nitrogen and oxygen atoms in total. The van der Waals surface area contributed by atoms with Crippen LogP contribution in [-0.4, -0.2) is 47.7 Å². The topological polar surface area (TPSA) is 24.3 Å². The predicted molar refractivity (Wildman–Crippen MR) is 129 cm³/mol. The van der Waals surface area contributed by atoms with Gasteiger partial charge in [0.15, 0.2) is 0 Å². The Kier molecular flexibility index (Phi) is 6.23. The van der Waals surface area contributed by atoms with Gasteiger partial charge in [-0.3, -0.25) is 0 Å². The zero-order valence-corrected chi connectivity index (χ0v) is 18.9. The van der Waals surface area contributed by atoms with Gasteiger partial charge >= 0.3 is 0 Å². The Labute approximate surface area is 183 Å². The number of halogens is 1. The second-order valence-electron chi connectivity index (χ2n) is 8.14. The normalized spacial score (nSPS) is 11.7. The third-order valence-corrected chi connectivity index (χ3v) is 6.20. The van der Waals surface area contributed by atoms with Gasteiger partial charge in [-0.2, -0.15) is 0 Å². The summed E-state index contributed by atoms with van der Waals surface area (Å²) in [5.41, 5.74) is 4.41. The molecular weight excluding hydrogens is 387 g/mol. The van der Waals surface area contributed by atoms with Crippen molar-refractivity contribution in [3.05, 3.63) is 71.7 Å². The first-order valence-corrected chi connectivity index (χ1v) is 11.1. The fraction of sp³-hybridized carbons (Fsp3) is 0.346. The summed E-state index contributed by atoms with van der Waals surface area (Å²) in [7, 11) is 2.12. The summed E-state index contributed by atoms with van der Waals surface area (Å²) >= 11 is 0. The highest BCUT2D eigenvalue weighted by Gasteiger charge is 2.16. The maximum absolute atomic E-state index is 13.4. The number of anilines is 1. The summed E-state index contributed by atoms with van der Waals surface area (Å²) in [5, 5.41) is 2.44. The number of pyridine rings is 1. The molecule has 31 heavy (non-hydrogen) atoms. The molecule has 0 aliphatic carbocycles. The van der Waals surface area contributed by atoms with Crippen LogP contribution in [0.1, 0.15) is 25.1 Å². The Bertz CT molecular complexity index is 1180. The zero-order valence-electron chi connectivity index (χ0n) is 18.9. The van der Waals surface area contributed by atoms with Crippen LogP contribution < -0.4 is 4.90 Å². The van der Waals surface area contributed by atoms with Gasteiger partial charge in [0.25, 0.3) is 0 Å². The van der Waals surface area contributed by atoms with E-state index in [-0.39, 0.29) is 5.82 Å². The van der Waals surface area contributed by atoms with Crippen LogP contribution in [0, 0.1) is 12.7 Å². The van der Waals surface area contributed by atoms with Crippen molar-refractivity contribution in [3.8, 4) is 0 Å². The van der Waals surface area contributed by atoms with E-state index in [0.29, 0.717) is 6.54 Å². The van der Waals surface area contributed by atoms with Crippen molar-refractivity contribution in [1.29, 1.82) is 0 Å². The van der Waals surface area contributed by atoms with Crippen LogP contribution in [-0.2, 0) is 6.54 Å². The number of hydrogen-bond acceptors (Lipinski definition) is 3. The highest BCUT2D eigenvalue weighted by molar-refractivity contribution is 6.09. The van der Waals surface area contributed by atoms with Gasteiger partial charge in [-0.05, 0) is 49.8 Å². The number of aromatic nitrogens is 2. The third-order valence-electron chi connectivity index (χ3n) is 6.20. The lowest BCUT2D eigenvalue weighted by Crippen LogP contribution is -2.33. The molecule has 0 spiro atoms. The van der Waals surface area contributed by atoms with Crippen LogP contribution in [0.25, 0.3) is 21.8 Å². The Balaban J connectivity index is 1.76. The van der Waals surface area contributed by atoms with Gasteiger partial charge in [-0.25, -0.2) is 9.37 Å². The SMILES string of the molecule is CCN(CC)CCN(C)c1cc2c3ccccc3n(Cc3ccc(F)cc3)c2c(C)n1. The van der Waals surface area contributed by atoms with E-state index in [1.54, 1.807) is 0 Å². The van der Waals surface area contributed by atoms with Crippen molar-refractivity contribution < 1.29 is 4.39 Å². The fourth-order valence-corrected chi connectivity index (χ4v) is 4.33. The smallest absolute Gasteiger partial charge is 0.129 e. The molecule has 0 atom stereocenters. The van der Waals surface area contributed by atoms with E-state index in [4.69, 9.17) is 4.98 Å². The number of rotatable bonds is 8. The fourth-order valence-electron chi connectivity index (χ4n) is 4.33. The lowest BCUT2D eigenvalue weighted by molar-refractivity contribution is 0.311. The largest absolute Gasteiger partial charge is 0.358 e. The van der Waals surface area contributed by atoms with Crippen molar-refractivity contribution >= 4 is 27.6 Å². The molecule has 2 heterocycles. The van der Waals surface area contributed by atoms with E-state index in [0.717, 1.165) is 48.8 Å². The van der Waals surface area contributed by atoms with Crippen molar-refractivity contribution in [2.24, 2.45) is 0 Å². The van der Waals surface area contributed by atoms with Crippen molar-refractivity contribution in [2.75, 3.05) is 38.1 Å². The van der Waals surface area contributed by atoms with E-state index in [2.05, 4.69) is 72.5 Å². The highest BCUT2D eigenvalue weighted by Crippen LogP contribution is 2.33. The minimum atomic E-state index is -0.207. The first-order chi connectivity index (χ1) is 15.0. The highest BCUT2D eigenvalue weighted by atomic mass is 19.1. The molecule has 0 fully saturated rings. The minimum Gasteiger partial charge on any atom is -0.358 e. The van der Waals surface area contributed by atoms with Crippen LogP contribution in [0.15, 0.2) is 54.6 Å². The minimum absolute atomic E-state index is 0.207. The molecule has 0 unspecified atom stereocenters. The molecule has 4 aromatic rings. The molecule has 0 saturated carbocycles. The number of para-hydroxylation sites is 1. The predicted octanol–water partition coefficient (Wildman–Crippen LogP) is 5.46. The molecule has 0 saturated heterocycles. The van der Waals surface area contributed by atoms with Crippen molar-refractivity contribution in [2.45, 2.75) is 27.3 Å². The Hall–Kier alpha value is -2.92. The van der Waals surface area contributed by atoms with E-state index in [1.165, 1.54) is 28.4 Å². The first-order valence-electron chi connectivity index (χ1n) is 11.1. The maximum Gasteiger partial charge on any atom is 0.129 e. The van der Waals surface area contributed by atoms with Gasteiger partial charge in [0.2, 0.25) is 0 Å². The molecule has 2 aromatic carbocycles. The molecule has 0 radical (unpaired) electrons. The molecule has 162 valence electrons. The number of nitrogens with zero attached hydrogens (tertiary/aromatic N) is 4. The standard InChI is InChI=1S/C26H31FN4/c1-5-30(6-2)16-15-29(4)25-17-23-22-9-7-8-10-24(22)31(26(23)19(3)28-25)18-20-11-13-21(27)14-12-20/h7-14,17H,5-6,15-16,18H2,1-4H3. The summed E-state index contributed by atoms with van der Waals surface area (Å²) in [6.07, 6.45) is 0. The average Bonchev–Trinajstić information content (AvgIpc) is 3.10. The second-order valence-corrected chi connectivity index (χ2v) is 8.14. The van der Waals surface area contributed by atoms with Crippen LogP contribution in [0.5, 0.6) is 0 Å². The van der Waals surface area contributed by atoms with Crippen LogP contribution in [0.2, 0.25) is 0 Å². The molecule has 0 aliphatic heterocycles. The number of aryl methyl sites for hydroxylation is 1. The molecule has 2 aromatic heterocycles. The quantitative estimate of drug-likeness (QED) is 0.380. The Morgan fingerprint density at radius 2 is 1.65 bits per heavy atom. The van der Waals surface area contributed by atoms with Gasteiger partial charge in [0.1, 0.15) is 11.6 Å². The second kappa shape index (κ2) is 9.06. The van der Waals surface area contributed by atoms with E-state index < -0.39 is 0 Å². The van der Waals surface area contributed by atoms with Gasteiger partial charge in [0.05, 0.1) is 11.2 Å². The van der Waals surface area contributed by atoms with E-state index in [1.807, 2.05) is 12.1 Å². The lowest BCUT2D eigenvalue weighted by Gasteiger charge is -2.24. The number of fused-ring (bicyclic) bond motifs is 3. The molecule has 5 heteroatoms. The van der Waals surface area contributed by atoms with Gasteiger partial charge < -0.3 is 14.4 Å². The van der Waals surface area contributed by atoms with Crippen molar-refractivity contribution in [3.63, 3.8) is 0 Å². The zero-order chi connectivity index (χ0) is 22.0. The Morgan fingerprint density at radius 1 is 0.935 bits per heavy atom. The maximum atomic E-state index is 13.4. The molecule has 0 N–H and O–H groups in total. The van der Waals surface area contributed by atoms with Crippen LogP contribution >= 0.6 is 0 Å². The third kappa shape index (κ3) is 4.28. The summed E-state index contributed by atoms with van der Waals surface area (Å²) in [4.78, 5) is 9.64. The number of benzene rings is 2. The molecule has 0 bridgehead atoms. The van der Waals surface area contributed by atoms with Gasteiger partial charge in [0, 0.05) is 43.0 Å². The number of likely N-dealkylation sites (N-methyl/N-ethyl adjacent to an activating group) is 2. The van der Waals surface area contributed by atoms with Crippen molar-refractivity contribution in [1.82, 2.24) is 14.5 Å². The van der Waals surface area contributed by atoms with E-state index >= 15 is 0 Å². The summed E-state index contributed by atoms with van der Waals surface area (Å²) < 4.78 is 15.7. The molecule has 4 rings (SSSR count).